The van der Waals surface area contributed by atoms with Crippen LogP contribution in [0.1, 0.15) is 29.8 Å². The summed E-state index contributed by atoms with van der Waals surface area (Å²) in [7, 11) is 0. The molecule has 0 fully saturated rings. The van der Waals surface area contributed by atoms with Crippen molar-refractivity contribution in [1.82, 2.24) is 15.0 Å². The van der Waals surface area contributed by atoms with Crippen molar-refractivity contribution in [3.63, 3.8) is 0 Å². The van der Waals surface area contributed by atoms with Crippen molar-refractivity contribution in [2.24, 2.45) is 0 Å². The first-order valence-electron chi connectivity index (χ1n) is 8.98. The van der Waals surface area contributed by atoms with Crippen molar-refractivity contribution in [2.75, 3.05) is 5.32 Å². The van der Waals surface area contributed by atoms with Crippen LogP contribution in [-0.2, 0) is 12.8 Å². The van der Waals surface area contributed by atoms with Crippen LogP contribution in [0.25, 0.3) is 10.9 Å². The van der Waals surface area contributed by atoms with Gasteiger partial charge in [0.15, 0.2) is 0 Å². The molecule has 0 aliphatic heterocycles. The molecule has 0 spiro atoms. The van der Waals surface area contributed by atoms with Gasteiger partial charge in [0.2, 0.25) is 5.95 Å². The number of fused-ring (bicyclic) bond motifs is 1. The maximum Gasteiger partial charge on any atom is 0.223 e. The van der Waals surface area contributed by atoms with Crippen molar-refractivity contribution >= 4 is 16.9 Å². The van der Waals surface area contributed by atoms with E-state index in [0.717, 1.165) is 18.5 Å². The summed E-state index contributed by atoms with van der Waals surface area (Å²) >= 11 is 0. The van der Waals surface area contributed by atoms with E-state index in [9.17, 15) is 0 Å². The van der Waals surface area contributed by atoms with E-state index in [4.69, 9.17) is 0 Å². The number of H-pyrrole nitrogens is 1. The number of benzene rings is 2. The molecule has 1 atom stereocenters. The Morgan fingerprint density at radius 3 is 2.65 bits per heavy atom. The van der Waals surface area contributed by atoms with Crippen LogP contribution in [0, 0.1) is 0 Å². The van der Waals surface area contributed by atoms with Gasteiger partial charge in [0.25, 0.3) is 0 Å². The van der Waals surface area contributed by atoms with Gasteiger partial charge in [0, 0.05) is 29.0 Å². The number of nitrogens with zero attached hydrogens (tertiary/aromatic N) is 2. The fourth-order valence-corrected chi connectivity index (χ4v) is 3.22. The lowest BCUT2D eigenvalue weighted by Gasteiger charge is -2.14. The number of anilines is 1. The summed E-state index contributed by atoms with van der Waals surface area (Å²) in [4.78, 5) is 12.4. The van der Waals surface area contributed by atoms with E-state index in [2.05, 4.69) is 69.8 Å². The van der Waals surface area contributed by atoms with E-state index in [1.807, 2.05) is 30.5 Å². The molecule has 2 aromatic heterocycles. The molecule has 0 radical (unpaired) electrons. The molecular weight excluding hydrogens is 320 g/mol. The van der Waals surface area contributed by atoms with Crippen LogP contribution in [0.15, 0.2) is 73.1 Å². The number of nitrogens with one attached hydrogen (secondary N) is 2. The summed E-state index contributed by atoms with van der Waals surface area (Å²) in [5.74, 6) is 0.678. The van der Waals surface area contributed by atoms with Gasteiger partial charge in [-0.2, -0.15) is 0 Å². The van der Waals surface area contributed by atoms with Gasteiger partial charge < -0.3 is 10.3 Å². The van der Waals surface area contributed by atoms with Gasteiger partial charge in [-0.25, -0.2) is 9.97 Å². The lowest BCUT2D eigenvalue weighted by atomic mass is 10.1. The van der Waals surface area contributed by atoms with Gasteiger partial charge in [-0.3, -0.25) is 0 Å². The SMILES string of the molecule is C[C@H](Nc1nccc(CCc2c[nH]c3ccccc23)n1)c1ccccc1. The maximum absolute atomic E-state index is 4.69. The molecule has 2 N–H and O–H groups in total. The smallest absolute Gasteiger partial charge is 0.223 e. The predicted octanol–water partition coefficient (Wildman–Crippen LogP) is 4.92. The molecule has 26 heavy (non-hydrogen) atoms. The van der Waals surface area contributed by atoms with Gasteiger partial charge in [0.1, 0.15) is 0 Å². The third-order valence-corrected chi connectivity index (χ3v) is 4.68. The van der Waals surface area contributed by atoms with Crippen LogP contribution in [0.3, 0.4) is 0 Å². The van der Waals surface area contributed by atoms with E-state index in [1.54, 1.807) is 0 Å². The third kappa shape index (κ3) is 3.59. The summed E-state index contributed by atoms with van der Waals surface area (Å²) in [5, 5.41) is 4.68. The normalized spacial score (nSPS) is 12.2. The Morgan fingerprint density at radius 2 is 1.77 bits per heavy atom. The number of aryl methyl sites for hydroxylation is 2. The molecule has 0 saturated heterocycles. The minimum atomic E-state index is 0.167. The van der Waals surface area contributed by atoms with Gasteiger partial charge in [-0.05, 0) is 43.0 Å². The van der Waals surface area contributed by atoms with E-state index in [0.29, 0.717) is 5.95 Å². The molecule has 4 aromatic rings. The highest BCUT2D eigenvalue weighted by atomic mass is 15.1. The Bertz CT molecular complexity index is 991. The van der Waals surface area contributed by atoms with Crippen LogP contribution in [0.4, 0.5) is 5.95 Å². The standard InChI is InChI=1S/C22H22N4/c1-16(17-7-3-2-4-8-17)25-22-23-14-13-19(26-22)12-11-18-15-24-21-10-6-5-9-20(18)21/h2-10,13-16,24H,11-12H2,1H3,(H,23,25,26)/t16-/m0/s1. The molecule has 4 rings (SSSR count). The average Bonchev–Trinajstić information content (AvgIpc) is 3.10. The molecule has 4 nitrogen and oxygen atoms in total. The number of para-hydroxylation sites is 1. The second kappa shape index (κ2) is 7.40. The highest BCUT2D eigenvalue weighted by Crippen LogP contribution is 2.20. The molecule has 2 heterocycles. The number of aromatic nitrogens is 3. The van der Waals surface area contributed by atoms with Crippen LogP contribution >= 0.6 is 0 Å². The number of hydrogen-bond donors (Lipinski definition) is 2. The lowest BCUT2D eigenvalue weighted by molar-refractivity contribution is 0.842. The summed E-state index contributed by atoms with van der Waals surface area (Å²) in [5.41, 5.74) is 4.78. The van der Waals surface area contributed by atoms with Crippen LogP contribution < -0.4 is 5.32 Å². The van der Waals surface area contributed by atoms with E-state index in [-0.39, 0.29) is 6.04 Å². The Balaban J connectivity index is 1.44. The van der Waals surface area contributed by atoms with Gasteiger partial charge in [0.05, 0.1) is 6.04 Å². The van der Waals surface area contributed by atoms with Crippen molar-refractivity contribution in [3.8, 4) is 0 Å². The first-order valence-corrected chi connectivity index (χ1v) is 8.98. The van der Waals surface area contributed by atoms with E-state index < -0.39 is 0 Å². The van der Waals surface area contributed by atoms with Crippen LogP contribution in [0.2, 0.25) is 0 Å². The topological polar surface area (TPSA) is 53.6 Å². The Kier molecular flexibility index (Phi) is 4.65. The van der Waals surface area contributed by atoms with Crippen molar-refractivity contribution in [2.45, 2.75) is 25.8 Å². The van der Waals surface area contributed by atoms with Crippen molar-refractivity contribution in [3.05, 3.63) is 89.9 Å². The molecule has 0 amide bonds. The van der Waals surface area contributed by atoms with Crippen molar-refractivity contribution < 1.29 is 0 Å². The number of hydrogen-bond acceptors (Lipinski definition) is 3. The average molecular weight is 342 g/mol. The zero-order valence-corrected chi connectivity index (χ0v) is 14.8. The summed E-state index contributed by atoms with van der Waals surface area (Å²) in [6.07, 6.45) is 5.77. The Labute approximate surface area is 153 Å². The third-order valence-electron chi connectivity index (χ3n) is 4.68. The molecule has 0 aliphatic rings. The minimum Gasteiger partial charge on any atom is -0.361 e. The highest BCUT2D eigenvalue weighted by molar-refractivity contribution is 5.83. The highest BCUT2D eigenvalue weighted by Gasteiger charge is 2.08. The molecule has 0 unspecified atom stereocenters. The number of aromatic amines is 1. The van der Waals surface area contributed by atoms with Crippen LogP contribution in [-0.4, -0.2) is 15.0 Å². The number of rotatable bonds is 6. The minimum absolute atomic E-state index is 0.167. The lowest BCUT2D eigenvalue weighted by Crippen LogP contribution is -2.10. The predicted molar refractivity (Wildman–Crippen MR) is 106 cm³/mol. The second-order valence-electron chi connectivity index (χ2n) is 6.51. The fourth-order valence-electron chi connectivity index (χ4n) is 3.22. The molecule has 130 valence electrons. The van der Waals surface area contributed by atoms with E-state index >= 15 is 0 Å². The van der Waals surface area contributed by atoms with Gasteiger partial charge in [-0.15, -0.1) is 0 Å². The monoisotopic (exact) mass is 342 g/mol. The zero-order chi connectivity index (χ0) is 17.8. The molecule has 4 heteroatoms. The largest absolute Gasteiger partial charge is 0.361 e. The summed E-state index contributed by atoms with van der Waals surface area (Å²) in [6, 6.07) is 20.9. The Morgan fingerprint density at radius 1 is 0.962 bits per heavy atom. The molecule has 2 aromatic carbocycles. The van der Waals surface area contributed by atoms with Gasteiger partial charge in [-0.1, -0.05) is 48.5 Å². The van der Waals surface area contributed by atoms with Gasteiger partial charge >= 0.3 is 0 Å². The zero-order valence-electron chi connectivity index (χ0n) is 14.8. The second-order valence-corrected chi connectivity index (χ2v) is 6.51. The first-order chi connectivity index (χ1) is 12.8. The first kappa shape index (κ1) is 16.3. The molecule has 0 aliphatic carbocycles. The maximum atomic E-state index is 4.69. The molecule has 0 bridgehead atoms. The Hall–Kier alpha value is -3.14. The summed E-state index contributed by atoms with van der Waals surface area (Å²) in [6.45, 7) is 2.12. The summed E-state index contributed by atoms with van der Waals surface area (Å²) < 4.78 is 0. The fraction of sp³-hybridized carbons (Fsp3) is 0.182. The molecular formula is C22H22N4. The van der Waals surface area contributed by atoms with Crippen molar-refractivity contribution in [1.29, 1.82) is 0 Å². The quantitative estimate of drug-likeness (QED) is 0.523. The van der Waals surface area contributed by atoms with Crippen LogP contribution in [0.5, 0.6) is 0 Å². The van der Waals surface area contributed by atoms with E-state index in [1.165, 1.54) is 22.0 Å². The molecule has 0 saturated carbocycles.